The second-order valence-electron chi connectivity index (χ2n) is 9.19. The predicted molar refractivity (Wildman–Crippen MR) is 117 cm³/mol. The Kier molecular flexibility index (Phi) is 7.45. The van der Waals surface area contributed by atoms with Gasteiger partial charge in [0.05, 0.1) is 7.11 Å². The van der Waals surface area contributed by atoms with E-state index in [2.05, 4.69) is 16.0 Å². The van der Waals surface area contributed by atoms with Crippen LogP contribution in [0, 0.1) is 5.92 Å². The lowest BCUT2D eigenvalue weighted by atomic mass is 9.97. The quantitative estimate of drug-likeness (QED) is 0.518. The number of benzene rings is 1. The van der Waals surface area contributed by atoms with Gasteiger partial charge < -0.3 is 30.2 Å². The van der Waals surface area contributed by atoms with Gasteiger partial charge in [-0.15, -0.1) is 0 Å². The number of hydrogen-bond acceptors (Lipinski definition) is 7. The van der Waals surface area contributed by atoms with Crippen LogP contribution in [0.2, 0.25) is 0 Å². The Morgan fingerprint density at radius 2 is 1.94 bits per heavy atom. The fraction of sp³-hybridized carbons (Fsp3) is 0.565. The number of hydrogen-bond donors (Lipinski definition) is 3. The van der Waals surface area contributed by atoms with E-state index in [0.717, 1.165) is 5.56 Å². The zero-order valence-corrected chi connectivity index (χ0v) is 19.3. The molecule has 3 N–H and O–H groups in total. The molecule has 3 amide bonds. The van der Waals surface area contributed by atoms with Crippen molar-refractivity contribution in [3.8, 4) is 5.75 Å². The van der Waals surface area contributed by atoms with E-state index in [1.165, 1.54) is 7.11 Å². The molecular weight excluding hydrogens is 430 g/mol. The van der Waals surface area contributed by atoms with Crippen LogP contribution in [0.1, 0.15) is 39.2 Å². The van der Waals surface area contributed by atoms with E-state index in [1.54, 1.807) is 26.8 Å². The summed E-state index contributed by atoms with van der Waals surface area (Å²) < 4.78 is 16.1. The van der Waals surface area contributed by atoms with Crippen molar-refractivity contribution in [1.29, 1.82) is 0 Å². The SMILES string of the molecule is COC(=O)C(CC1CCNC1=O)NC(=O)C(NC(=O)OC(C)(C)C)C1Cc2ccccc2O1. The van der Waals surface area contributed by atoms with Crippen LogP contribution in [0.5, 0.6) is 5.75 Å². The van der Waals surface area contributed by atoms with E-state index in [0.29, 0.717) is 25.1 Å². The van der Waals surface area contributed by atoms with E-state index < -0.39 is 47.7 Å². The van der Waals surface area contributed by atoms with Crippen molar-refractivity contribution >= 4 is 23.9 Å². The fourth-order valence-electron chi connectivity index (χ4n) is 3.93. The maximum Gasteiger partial charge on any atom is 0.408 e. The number of alkyl carbamates (subject to hydrolysis) is 1. The first-order valence-electron chi connectivity index (χ1n) is 11.0. The molecule has 10 heteroatoms. The summed E-state index contributed by atoms with van der Waals surface area (Å²) in [5.74, 6) is -1.27. The minimum Gasteiger partial charge on any atom is -0.487 e. The highest BCUT2D eigenvalue weighted by atomic mass is 16.6. The first-order valence-corrected chi connectivity index (χ1v) is 11.0. The van der Waals surface area contributed by atoms with Crippen LogP contribution in [0.3, 0.4) is 0 Å². The highest BCUT2D eigenvalue weighted by Gasteiger charge is 2.40. The third-order valence-electron chi connectivity index (χ3n) is 5.48. The summed E-state index contributed by atoms with van der Waals surface area (Å²) in [7, 11) is 1.21. The van der Waals surface area contributed by atoms with Crippen molar-refractivity contribution in [3.05, 3.63) is 29.8 Å². The molecule has 1 aromatic rings. The van der Waals surface area contributed by atoms with Crippen molar-refractivity contribution < 1.29 is 33.4 Å². The smallest absolute Gasteiger partial charge is 0.408 e. The molecule has 3 rings (SSSR count). The Bertz CT molecular complexity index is 887. The molecule has 0 aliphatic carbocycles. The van der Waals surface area contributed by atoms with Crippen LogP contribution < -0.4 is 20.7 Å². The highest BCUT2D eigenvalue weighted by Crippen LogP contribution is 2.30. The number of carbonyl (C=O) groups excluding carboxylic acids is 4. The zero-order valence-electron chi connectivity index (χ0n) is 19.3. The number of esters is 1. The average molecular weight is 462 g/mol. The Morgan fingerprint density at radius 1 is 1.21 bits per heavy atom. The number of carbonyl (C=O) groups is 4. The van der Waals surface area contributed by atoms with Crippen molar-refractivity contribution in [2.24, 2.45) is 5.92 Å². The normalized spacial score (nSPS) is 21.2. The molecule has 0 spiro atoms. The molecule has 2 aliphatic heterocycles. The summed E-state index contributed by atoms with van der Waals surface area (Å²) >= 11 is 0. The van der Waals surface area contributed by atoms with Crippen LogP contribution in [0.25, 0.3) is 0 Å². The minimum atomic E-state index is -1.14. The zero-order chi connectivity index (χ0) is 24.2. The van der Waals surface area contributed by atoms with E-state index >= 15 is 0 Å². The topological polar surface area (TPSA) is 132 Å². The minimum absolute atomic E-state index is 0.0924. The van der Waals surface area contributed by atoms with Crippen molar-refractivity contribution in [1.82, 2.24) is 16.0 Å². The van der Waals surface area contributed by atoms with Crippen LogP contribution in [-0.4, -0.2) is 61.3 Å². The number of methoxy groups -OCH3 is 1. The molecule has 0 aromatic heterocycles. The molecule has 0 bridgehead atoms. The molecule has 1 fully saturated rings. The molecule has 33 heavy (non-hydrogen) atoms. The summed E-state index contributed by atoms with van der Waals surface area (Å²) in [6.45, 7) is 5.65. The van der Waals surface area contributed by atoms with Gasteiger partial charge in [-0.05, 0) is 45.2 Å². The largest absolute Gasteiger partial charge is 0.487 e. The molecule has 0 saturated carbocycles. The second-order valence-corrected chi connectivity index (χ2v) is 9.19. The molecule has 180 valence electrons. The summed E-state index contributed by atoms with van der Waals surface area (Å²) in [5, 5.41) is 7.94. The van der Waals surface area contributed by atoms with Crippen LogP contribution in [-0.2, 0) is 30.3 Å². The Labute approximate surface area is 192 Å². The summed E-state index contributed by atoms with van der Waals surface area (Å²) in [6.07, 6.45) is -0.453. The number of amides is 3. The van der Waals surface area contributed by atoms with E-state index in [9.17, 15) is 19.2 Å². The molecular formula is C23H31N3O7. The number of fused-ring (bicyclic) bond motifs is 1. The number of para-hydroxylation sites is 1. The molecule has 10 nitrogen and oxygen atoms in total. The monoisotopic (exact) mass is 461 g/mol. The first-order chi connectivity index (χ1) is 15.6. The third kappa shape index (κ3) is 6.36. The fourth-order valence-corrected chi connectivity index (χ4v) is 3.93. The van der Waals surface area contributed by atoms with Gasteiger partial charge >= 0.3 is 12.1 Å². The van der Waals surface area contributed by atoms with Crippen LogP contribution >= 0.6 is 0 Å². The Balaban J connectivity index is 1.77. The third-order valence-corrected chi connectivity index (χ3v) is 5.48. The summed E-state index contributed by atoms with van der Waals surface area (Å²) in [4.78, 5) is 50.1. The molecule has 2 aliphatic rings. The maximum atomic E-state index is 13.3. The molecule has 4 unspecified atom stereocenters. The van der Waals surface area contributed by atoms with Gasteiger partial charge in [0.2, 0.25) is 11.8 Å². The average Bonchev–Trinajstić information content (AvgIpc) is 3.35. The molecule has 1 aromatic carbocycles. The number of rotatable bonds is 7. The van der Waals surface area contributed by atoms with Gasteiger partial charge in [0.1, 0.15) is 29.5 Å². The molecule has 2 heterocycles. The number of nitrogens with one attached hydrogen (secondary N) is 3. The first kappa shape index (κ1) is 24.3. The molecule has 4 atom stereocenters. The molecule has 0 radical (unpaired) electrons. The van der Waals surface area contributed by atoms with Gasteiger partial charge in [-0.2, -0.15) is 0 Å². The lowest BCUT2D eigenvalue weighted by Crippen LogP contribution is -2.58. The highest BCUT2D eigenvalue weighted by molar-refractivity contribution is 5.91. The second kappa shape index (κ2) is 10.1. The van der Waals surface area contributed by atoms with Crippen molar-refractivity contribution in [2.75, 3.05) is 13.7 Å². The van der Waals surface area contributed by atoms with Gasteiger partial charge in [-0.3, -0.25) is 9.59 Å². The summed E-state index contributed by atoms with van der Waals surface area (Å²) in [6, 6.07) is 5.15. The van der Waals surface area contributed by atoms with E-state index in [-0.39, 0.29) is 12.3 Å². The van der Waals surface area contributed by atoms with E-state index in [1.807, 2.05) is 18.2 Å². The summed E-state index contributed by atoms with van der Waals surface area (Å²) in [5.41, 5.74) is 0.132. The molecule has 1 saturated heterocycles. The van der Waals surface area contributed by atoms with Crippen molar-refractivity contribution in [3.63, 3.8) is 0 Å². The van der Waals surface area contributed by atoms with E-state index in [4.69, 9.17) is 14.2 Å². The maximum absolute atomic E-state index is 13.3. The van der Waals surface area contributed by atoms with Crippen LogP contribution in [0.15, 0.2) is 24.3 Å². The van der Waals surface area contributed by atoms with Crippen LogP contribution in [0.4, 0.5) is 4.79 Å². The van der Waals surface area contributed by atoms with Gasteiger partial charge in [-0.25, -0.2) is 9.59 Å². The van der Waals surface area contributed by atoms with Gasteiger partial charge in [-0.1, -0.05) is 18.2 Å². The van der Waals surface area contributed by atoms with Gasteiger partial charge in [0.25, 0.3) is 0 Å². The van der Waals surface area contributed by atoms with Gasteiger partial charge in [0, 0.05) is 18.9 Å². The number of ether oxygens (including phenoxy) is 3. The predicted octanol–water partition coefficient (Wildman–Crippen LogP) is 1.07. The van der Waals surface area contributed by atoms with Gasteiger partial charge in [0.15, 0.2) is 0 Å². The Hall–Kier alpha value is -3.30. The lowest BCUT2D eigenvalue weighted by Gasteiger charge is -2.28. The van der Waals surface area contributed by atoms with Crippen molar-refractivity contribution in [2.45, 2.75) is 63.8 Å². The lowest BCUT2D eigenvalue weighted by molar-refractivity contribution is -0.146. The standard InChI is InChI=1S/C23H31N3O7/c1-23(2,3)33-22(30)26-18(17-12-13-7-5-6-8-16(13)32-17)20(28)25-15(21(29)31-4)11-14-9-10-24-19(14)27/h5-8,14-15,17-18H,9-12H2,1-4H3,(H,24,27)(H,25,28)(H,26,30). The Morgan fingerprint density at radius 3 is 2.55 bits per heavy atom.